The van der Waals surface area contributed by atoms with Crippen LogP contribution in [-0.2, 0) is 17.1 Å². The molecule has 0 atom stereocenters. The predicted molar refractivity (Wildman–Crippen MR) is 315 cm³/mol. The number of carbonyl (C=O) groups excluding carboxylic acids is 3. The van der Waals surface area contributed by atoms with E-state index in [0.29, 0.717) is 40.1 Å². The van der Waals surface area contributed by atoms with Gasteiger partial charge in [-0.15, -0.1) is 12.4 Å². The molecule has 4 aromatic heterocycles. The fraction of sp³-hybridized carbons (Fsp3) is 0.212. The number of H-pyrrole nitrogens is 2. The van der Waals surface area contributed by atoms with Crippen LogP contribution in [0.2, 0.25) is 20.1 Å². The minimum atomic E-state index is -4.69. The number of halogens is 11. The monoisotopic (exact) mass is 1270 g/mol. The van der Waals surface area contributed by atoms with E-state index in [9.17, 15) is 40.7 Å². The van der Waals surface area contributed by atoms with Gasteiger partial charge in [0.2, 0.25) is 11.9 Å². The molecular formula is C52H51Cl5F6N16O5. The third-order valence-corrected chi connectivity index (χ3v) is 11.9. The highest BCUT2D eigenvalue weighted by molar-refractivity contribution is 6.34. The molecule has 8 aromatic rings. The zero-order chi connectivity index (χ0) is 61.1. The van der Waals surface area contributed by atoms with Gasteiger partial charge in [0, 0.05) is 64.8 Å². The van der Waals surface area contributed by atoms with Crippen LogP contribution in [0.4, 0.5) is 110 Å². The van der Waals surface area contributed by atoms with Crippen LogP contribution >= 0.6 is 58.8 Å². The molecule has 84 heavy (non-hydrogen) atoms. The van der Waals surface area contributed by atoms with Crippen molar-refractivity contribution in [2.24, 2.45) is 0 Å². The summed E-state index contributed by atoms with van der Waals surface area (Å²) in [7, 11) is 1.00. The molecule has 4 aromatic carbocycles. The number of ether oxygens (including phenoxy) is 1. The van der Waals surface area contributed by atoms with Gasteiger partial charge in [0.15, 0.2) is 23.3 Å². The fourth-order valence-electron chi connectivity index (χ4n) is 6.94. The Morgan fingerprint density at radius 2 is 0.988 bits per heavy atom. The van der Waals surface area contributed by atoms with Gasteiger partial charge in [-0.25, -0.2) is 29.3 Å². The Morgan fingerprint density at radius 1 is 0.560 bits per heavy atom. The third kappa shape index (κ3) is 18.6. The van der Waals surface area contributed by atoms with Gasteiger partial charge in [-0.2, -0.15) is 46.5 Å². The van der Waals surface area contributed by atoms with E-state index in [1.54, 1.807) is 83.1 Å². The van der Waals surface area contributed by atoms with E-state index in [1.807, 2.05) is 13.8 Å². The standard InChI is InChI=1S/C28H27Cl2F3N8O3.C23H19Cl2F3N8O.CH4O.ClH/c1-14-6-7-17(36-25(42)35-16-8-9-19(29)18(11-16)28(31,32)33)12-21(14)37-24-34-13-20(30)23(38-24)41(22-10-15(2)39-40-22)26(43)44-27(3,4)5;1-11-3-4-14(31-22(37)30-13-5-6-16(24)15(8-13)23(26,27)28)9-18(11)32-21-29-10-17(25)20(34-21)33-19-7-12(2)35-36-19;1-2;/h6-13H,1-5H3,(H,39,40)(H,34,37,38)(H2,35,36,42);3-10H,1-2H3,(H2,30,31,37)(H3,29,32,33,34,35,36);2H,1H3;1H. The maximum atomic E-state index is 13.2. The van der Waals surface area contributed by atoms with Gasteiger partial charge in [0.1, 0.15) is 15.6 Å². The van der Waals surface area contributed by atoms with Gasteiger partial charge >= 0.3 is 30.5 Å². The van der Waals surface area contributed by atoms with Gasteiger partial charge in [0.25, 0.3) is 0 Å². The summed E-state index contributed by atoms with van der Waals surface area (Å²) in [5, 5.41) is 39.2. The number of urea groups is 2. The summed E-state index contributed by atoms with van der Waals surface area (Å²) in [5.74, 6) is 1.33. The SMILES string of the molecule is CO.Cc1cc(N(C(=O)OC(C)(C)C)c2nc(Nc3cc(NC(=O)Nc4ccc(Cl)c(C(F)(F)F)c4)ccc3C)ncc2Cl)n[nH]1.Cc1cc(Nc2nc(Nc3cc(NC(=O)Nc4ccc(Cl)c(C(F)(F)F)c4)ccc3C)ncc2Cl)n[nH]1.Cl. The number of aliphatic hydroxyl groups is 1. The zero-order valence-electron chi connectivity index (χ0n) is 45.1. The van der Waals surface area contributed by atoms with E-state index in [2.05, 4.69) is 77.5 Å². The Bertz CT molecular complexity index is 3640. The van der Waals surface area contributed by atoms with E-state index in [4.69, 9.17) is 56.2 Å². The molecule has 0 bridgehead atoms. The van der Waals surface area contributed by atoms with Crippen LogP contribution in [0, 0.1) is 27.7 Å². The second kappa shape index (κ2) is 28.3. The molecule has 0 spiro atoms. The Kier molecular flexibility index (Phi) is 22.4. The van der Waals surface area contributed by atoms with Crippen LogP contribution in [0.1, 0.15) is 54.4 Å². The molecule has 32 heteroatoms. The van der Waals surface area contributed by atoms with Crippen molar-refractivity contribution in [2.75, 3.05) is 49.2 Å². The molecule has 4 heterocycles. The number of anilines is 12. The summed E-state index contributed by atoms with van der Waals surface area (Å²) >= 11 is 23.9. The van der Waals surface area contributed by atoms with Crippen molar-refractivity contribution in [2.45, 2.75) is 66.4 Å². The highest BCUT2D eigenvalue weighted by Gasteiger charge is 2.35. The number of hydrogen-bond acceptors (Lipinski definition) is 14. The third-order valence-electron chi connectivity index (χ3n) is 10.7. The number of nitrogens with zero attached hydrogens (tertiary/aromatic N) is 7. The first-order valence-corrected chi connectivity index (χ1v) is 25.5. The lowest BCUT2D eigenvalue weighted by molar-refractivity contribution is -0.138. The summed E-state index contributed by atoms with van der Waals surface area (Å²) in [6.07, 6.45) is -7.39. The molecule has 21 nitrogen and oxygen atoms in total. The molecule has 0 saturated heterocycles. The van der Waals surface area contributed by atoms with Crippen molar-refractivity contribution < 1.29 is 50.6 Å². The molecule has 5 amide bonds. The molecule has 0 aliphatic heterocycles. The minimum absolute atomic E-state index is 0. The Morgan fingerprint density at radius 3 is 1.42 bits per heavy atom. The minimum Gasteiger partial charge on any atom is -0.443 e. The molecule has 0 saturated carbocycles. The van der Waals surface area contributed by atoms with Crippen LogP contribution in [0.25, 0.3) is 0 Å². The van der Waals surface area contributed by atoms with E-state index < -0.39 is 57.3 Å². The van der Waals surface area contributed by atoms with Gasteiger partial charge in [0.05, 0.1) is 33.6 Å². The molecule has 10 N–H and O–H groups in total. The summed E-state index contributed by atoms with van der Waals surface area (Å²) in [4.78, 5) is 56.5. The van der Waals surface area contributed by atoms with Gasteiger partial charge in [-0.05, 0) is 120 Å². The number of carbonyl (C=O) groups is 3. The lowest BCUT2D eigenvalue weighted by atomic mass is 10.2. The van der Waals surface area contributed by atoms with Gasteiger partial charge < -0.3 is 47.1 Å². The van der Waals surface area contributed by atoms with Crippen LogP contribution in [0.3, 0.4) is 0 Å². The van der Waals surface area contributed by atoms with Crippen molar-refractivity contribution in [3.05, 3.63) is 151 Å². The number of aromatic nitrogens is 8. The largest absolute Gasteiger partial charge is 0.443 e. The van der Waals surface area contributed by atoms with Crippen LogP contribution in [-0.4, -0.2) is 76.3 Å². The highest BCUT2D eigenvalue weighted by atomic mass is 35.5. The Labute approximate surface area is 501 Å². The fourth-order valence-corrected chi connectivity index (χ4v) is 7.71. The number of amides is 5. The first kappa shape index (κ1) is 66.5. The van der Waals surface area contributed by atoms with Crippen molar-refractivity contribution >= 4 is 146 Å². The Hall–Kier alpha value is -8.34. The molecule has 0 aliphatic carbocycles. The summed E-state index contributed by atoms with van der Waals surface area (Å²) in [6.45, 7) is 12.4. The maximum Gasteiger partial charge on any atom is 0.422 e. The van der Waals surface area contributed by atoms with Crippen molar-refractivity contribution in [3.8, 4) is 0 Å². The number of hydrogen-bond donors (Lipinski definition) is 10. The van der Waals surface area contributed by atoms with Crippen LogP contribution in [0.15, 0.2) is 97.3 Å². The summed E-state index contributed by atoms with van der Waals surface area (Å²) in [5.41, 5.74) is 1.68. The lowest BCUT2D eigenvalue weighted by Gasteiger charge is -2.26. The molecule has 0 unspecified atom stereocenters. The number of rotatable bonds is 12. The average Bonchev–Trinajstić information content (AvgIpc) is 4.03. The molecule has 0 radical (unpaired) electrons. The first-order chi connectivity index (χ1) is 39.0. The smallest absolute Gasteiger partial charge is 0.422 e. The normalized spacial score (nSPS) is 11.1. The second-order valence-corrected chi connectivity index (χ2v) is 20.0. The first-order valence-electron chi connectivity index (χ1n) is 24.0. The number of aliphatic hydroxyl groups excluding tert-OH is 1. The lowest BCUT2D eigenvalue weighted by Crippen LogP contribution is -2.34. The molecule has 8 rings (SSSR count). The van der Waals surface area contributed by atoms with Crippen molar-refractivity contribution in [1.82, 2.24) is 40.3 Å². The zero-order valence-corrected chi connectivity index (χ0v) is 49.0. The summed E-state index contributed by atoms with van der Waals surface area (Å²) in [6, 6.07) is 17.9. The van der Waals surface area contributed by atoms with Gasteiger partial charge in [-0.1, -0.05) is 58.5 Å². The van der Waals surface area contributed by atoms with Crippen LogP contribution < -0.4 is 42.1 Å². The predicted octanol–water partition coefficient (Wildman–Crippen LogP) is 15.9. The number of benzene rings is 4. The number of nitrogens with one attached hydrogen (secondary N) is 9. The van der Waals surface area contributed by atoms with E-state index in [-0.39, 0.29) is 57.4 Å². The van der Waals surface area contributed by atoms with E-state index >= 15 is 0 Å². The number of aromatic amines is 2. The highest BCUT2D eigenvalue weighted by Crippen LogP contribution is 2.39. The number of alkyl halides is 6. The second-order valence-electron chi connectivity index (χ2n) is 18.4. The molecule has 0 fully saturated rings. The maximum absolute atomic E-state index is 13.2. The van der Waals surface area contributed by atoms with Crippen molar-refractivity contribution in [1.29, 1.82) is 0 Å². The topological polar surface area (TPSA) is 277 Å². The van der Waals surface area contributed by atoms with Crippen molar-refractivity contribution in [3.63, 3.8) is 0 Å². The average molecular weight is 1270 g/mol. The Balaban J connectivity index is 0.000000299. The number of aryl methyl sites for hydroxylation is 4. The van der Waals surface area contributed by atoms with E-state index in [0.717, 1.165) is 53.1 Å². The van der Waals surface area contributed by atoms with E-state index in [1.165, 1.54) is 24.5 Å². The summed E-state index contributed by atoms with van der Waals surface area (Å²) < 4.78 is 84.4. The van der Waals surface area contributed by atoms with Crippen LogP contribution in [0.5, 0.6) is 0 Å². The van der Waals surface area contributed by atoms with Gasteiger partial charge in [-0.3, -0.25) is 10.2 Å². The molecular weight excluding hydrogens is 1220 g/mol. The quantitative estimate of drug-likeness (QED) is 0.0510. The molecule has 446 valence electrons. The molecule has 0 aliphatic rings.